The summed E-state index contributed by atoms with van der Waals surface area (Å²) in [5, 5.41) is 3.37. The first-order valence-electron chi connectivity index (χ1n) is 9.74. The highest BCUT2D eigenvalue weighted by molar-refractivity contribution is 5.78. The summed E-state index contributed by atoms with van der Waals surface area (Å²) in [5.41, 5.74) is 3.24. The Hall–Kier alpha value is -1.59. The second kappa shape index (κ2) is 9.20. The number of rotatable bonds is 9. The molecule has 1 saturated heterocycles. The fourth-order valence-electron chi connectivity index (χ4n) is 3.75. The monoisotopic (exact) mass is 345 g/mol. The molecule has 3 rings (SSSR count). The quantitative estimate of drug-likeness (QED) is 0.687. The number of ether oxygens (including phenoxy) is 1. The summed E-state index contributed by atoms with van der Waals surface area (Å²) in [4.78, 5) is 14.7. The van der Waals surface area contributed by atoms with Gasteiger partial charge in [0, 0.05) is 13.7 Å². The number of aryl methyl sites for hydroxylation is 2. The molecule has 0 radical (unpaired) electrons. The fraction of sp³-hybridized carbons (Fsp3) is 0.650. The average molecular weight is 345 g/mol. The van der Waals surface area contributed by atoms with E-state index in [1.54, 1.807) is 4.57 Å². The van der Waals surface area contributed by atoms with E-state index < -0.39 is 0 Å². The lowest BCUT2D eigenvalue weighted by Gasteiger charge is -2.22. The van der Waals surface area contributed by atoms with Crippen LogP contribution in [0.2, 0.25) is 0 Å². The lowest BCUT2D eigenvalue weighted by atomic mass is 10.0. The summed E-state index contributed by atoms with van der Waals surface area (Å²) in [5.74, 6) is 0. The van der Waals surface area contributed by atoms with E-state index in [0.29, 0.717) is 6.10 Å². The first-order chi connectivity index (χ1) is 12.3. The Kier molecular flexibility index (Phi) is 6.70. The number of unbranched alkanes of at least 4 members (excludes halogenated alkanes) is 4. The number of fused-ring (bicyclic) bond motifs is 1. The van der Waals surface area contributed by atoms with Gasteiger partial charge in [0.2, 0.25) is 0 Å². The number of para-hydroxylation sites is 1. The van der Waals surface area contributed by atoms with Gasteiger partial charge in [0.25, 0.3) is 0 Å². The van der Waals surface area contributed by atoms with Gasteiger partial charge in [0.05, 0.1) is 17.1 Å². The third kappa shape index (κ3) is 4.95. The van der Waals surface area contributed by atoms with Crippen LogP contribution in [0.4, 0.5) is 0 Å². The third-order valence-electron chi connectivity index (χ3n) is 5.23. The molecule has 1 aromatic heterocycles. The molecule has 1 aliphatic heterocycles. The van der Waals surface area contributed by atoms with Crippen molar-refractivity contribution < 1.29 is 4.74 Å². The van der Waals surface area contributed by atoms with E-state index in [1.165, 1.54) is 37.7 Å². The predicted molar refractivity (Wildman–Crippen MR) is 102 cm³/mol. The number of nitrogens with zero attached hydrogens (tertiary/aromatic N) is 1. The number of aromatic amines is 1. The molecular formula is C20H31N3O2. The molecule has 2 N–H and O–H groups in total. The largest absolute Gasteiger partial charge is 0.378 e. The number of piperidine rings is 1. The minimum Gasteiger partial charge on any atom is -0.378 e. The number of hydrogen-bond donors (Lipinski definition) is 2. The van der Waals surface area contributed by atoms with Crippen molar-refractivity contribution in [3.63, 3.8) is 0 Å². The van der Waals surface area contributed by atoms with Crippen LogP contribution in [0.15, 0.2) is 23.0 Å². The van der Waals surface area contributed by atoms with Crippen molar-refractivity contribution in [3.05, 3.63) is 34.2 Å². The van der Waals surface area contributed by atoms with Gasteiger partial charge in [-0.15, -0.1) is 0 Å². The van der Waals surface area contributed by atoms with Crippen LogP contribution in [0.1, 0.15) is 50.5 Å². The van der Waals surface area contributed by atoms with Crippen molar-refractivity contribution in [2.45, 2.75) is 57.5 Å². The van der Waals surface area contributed by atoms with Crippen molar-refractivity contribution in [3.8, 4) is 0 Å². The van der Waals surface area contributed by atoms with Crippen LogP contribution in [-0.2, 0) is 18.2 Å². The third-order valence-corrected chi connectivity index (χ3v) is 5.23. The standard InChI is InChI=1S/C20H31N3O2/c1-23-19-16(9-7-10-18(19)22-20(23)24)8-5-3-2-4-6-15-25-17-11-13-21-14-12-17/h7,9-10,17,21H,2-6,8,11-15H2,1H3,(H,22,24). The first kappa shape index (κ1) is 18.2. The summed E-state index contributed by atoms with van der Waals surface area (Å²) in [6, 6.07) is 6.15. The van der Waals surface area contributed by atoms with E-state index in [0.717, 1.165) is 50.0 Å². The molecule has 0 amide bonds. The summed E-state index contributed by atoms with van der Waals surface area (Å²) in [6.07, 6.45) is 9.93. The topological polar surface area (TPSA) is 59.0 Å². The zero-order valence-electron chi connectivity index (χ0n) is 15.4. The van der Waals surface area contributed by atoms with Crippen LogP contribution in [0.3, 0.4) is 0 Å². The molecule has 0 saturated carbocycles. The van der Waals surface area contributed by atoms with Crippen molar-refractivity contribution in [2.24, 2.45) is 7.05 Å². The molecule has 0 atom stereocenters. The maximum Gasteiger partial charge on any atom is 0.326 e. The second-order valence-corrected chi connectivity index (χ2v) is 7.14. The number of nitrogens with one attached hydrogen (secondary N) is 2. The van der Waals surface area contributed by atoms with Crippen molar-refractivity contribution in [2.75, 3.05) is 19.7 Å². The molecule has 138 valence electrons. The zero-order chi connectivity index (χ0) is 17.5. The molecule has 1 aromatic carbocycles. The SMILES string of the molecule is Cn1c(=O)[nH]c2cccc(CCCCCCCOC3CCNCC3)c21. The average Bonchev–Trinajstić information content (AvgIpc) is 2.93. The van der Waals surface area contributed by atoms with Gasteiger partial charge in [-0.05, 0) is 56.8 Å². The number of aromatic nitrogens is 2. The molecule has 2 aromatic rings. The molecule has 0 unspecified atom stereocenters. The lowest BCUT2D eigenvalue weighted by Crippen LogP contribution is -2.32. The van der Waals surface area contributed by atoms with E-state index in [2.05, 4.69) is 16.4 Å². The second-order valence-electron chi connectivity index (χ2n) is 7.14. The van der Waals surface area contributed by atoms with Gasteiger partial charge < -0.3 is 15.0 Å². The minimum absolute atomic E-state index is 0.0313. The predicted octanol–water partition coefficient (Wildman–Crippen LogP) is 3.13. The molecule has 2 heterocycles. The number of benzene rings is 1. The summed E-state index contributed by atoms with van der Waals surface area (Å²) in [6.45, 7) is 3.11. The molecule has 0 spiro atoms. The van der Waals surface area contributed by atoms with Crippen molar-refractivity contribution in [1.82, 2.24) is 14.9 Å². The Bertz CT molecular complexity index is 713. The van der Waals surface area contributed by atoms with Gasteiger partial charge in [0.1, 0.15) is 0 Å². The van der Waals surface area contributed by atoms with Gasteiger partial charge in [-0.3, -0.25) is 4.57 Å². The normalized spacial score (nSPS) is 15.9. The van der Waals surface area contributed by atoms with Crippen LogP contribution in [0.25, 0.3) is 11.0 Å². The Labute approximate surface area is 149 Å². The minimum atomic E-state index is -0.0313. The van der Waals surface area contributed by atoms with E-state index in [4.69, 9.17) is 4.74 Å². The van der Waals surface area contributed by atoms with Crippen LogP contribution in [0.5, 0.6) is 0 Å². The van der Waals surface area contributed by atoms with Gasteiger partial charge in [-0.2, -0.15) is 0 Å². The van der Waals surface area contributed by atoms with Crippen LogP contribution in [0, 0.1) is 0 Å². The summed E-state index contributed by atoms with van der Waals surface area (Å²) in [7, 11) is 1.84. The van der Waals surface area contributed by atoms with Crippen LogP contribution in [-0.4, -0.2) is 35.4 Å². The Balaban J connectivity index is 1.32. The summed E-state index contributed by atoms with van der Waals surface area (Å²) < 4.78 is 7.67. The van der Waals surface area contributed by atoms with Crippen LogP contribution < -0.4 is 11.0 Å². The van der Waals surface area contributed by atoms with Gasteiger partial charge >= 0.3 is 5.69 Å². The Morgan fingerprint density at radius 2 is 1.88 bits per heavy atom. The molecule has 5 heteroatoms. The van der Waals surface area contributed by atoms with Crippen molar-refractivity contribution >= 4 is 11.0 Å². The van der Waals surface area contributed by atoms with E-state index >= 15 is 0 Å². The Morgan fingerprint density at radius 3 is 2.72 bits per heavy atom. The number of hydrogen-bond acceptors (Lipinski definition) is 3. The van der Waals surface area contributed by atoms with Crippen LogP contribution >= 0.6 is 0 Å². The molecule has 1 aliphatic rings. The molecule has 5 nitrogen and oxygen atoms in total. The Morgan fingerprint density at radius 1 is 1.12 bits per heavy atom. The van der Waals surface area contributed by atoms with E-state index in [9.17, 15) is 4.79 Å². The molecular weight excluding hydrogens is 314 g/mol. The van der Waals surface area contributed by atoms with Crippen molar-refractivity contribution in [1.29, 1.82) is 0 Å². The fourth-order valence-corrected chi connectivity index (χ4v) is 3.75. The van der Waals surface area contributed by atoms with Gasteiger partial charge in [0.15, 0.2) is 0 Å². The maximum atomic E-state index is 11.8. The highest BCUT2D eigenvalue weighted by atomic mass is 16.5. The first-order valence-corrected chi connectivity index (χ1v) is 9.74. The molecule has 0 bridgehead atoms. The van der Waals surface area contributed by atoms with Gasteiger partial charge in [-0.1, -0.05) is 31.4 Å². The highest BCUT2D eigenvalue weighted by Crippen LogP contribution is 2.18. The number of H-pyrrole nitrogens is 1. The van der Waals surface area contributed by atoms with Gasteiger partial charge in [-0.25, -0.2) is 4.79 Å². The molecule has 1 fully saturated rings. The number of imidazole rings is 1. The zero-order valence-corrected chi connectivity index (χ0v) is 15.4. The van der Waals surface area contributed by atoms with E-state index in [-0.39, 0.29) is 5.69 Å². The highest BCUT2D eigenvalue weighted by Gasteiger charge is 2.12. The lowest BCUT2D eigenvalue weighted by molar-refractivity contribution is 0.0307. The smallest absolute Gasteiger partial charge is 0.326 e. The molecule has 0 aliphatic carbocycles. The maximum absolute atomic E-state index is 11.8. The molecule has 25 heavy (non-hydrogen) atoms. The van der Waals surface area contributed by atoms with E-state index in [1.807, 2.05) is 19.2 Å². The summed E-state index contributed by atoms with van der Waals surface area (Å²) >= 11 is 0.